The van der Waals surface area contributed by atoms with Crippen LogP contribution in [0, 0.1) is 11.6 Å². The Labute approximate surface area is 150 Å². The Morgan fingerprint density at radius 1 is 1.32 bits per heavy atom. The highest BCUT2D eigenvalue weighted by Gasteiger charge is 2.19. The predicted molar refractivity (Wildman–Crippen MR) is 93.1 cm³/mol. The molecule has 0 aliphatic heterocycles. The van der Waals surface area contributed by atoms with Crippen molar-refractivity contribution in [1.29, 1.82) is 0 Å². The molecule has 0 spiro atoms. The average molecular weight is 384 g/mol. The highest BCUT2D eigenvalue weighted by molar-refractivity contribution is 7.18. The smallest absolute Gasteiger partial charge is 0.179 e. The summed E-state index contributed by atoms with van der Waals surface area (Å²) in [7, 11) is 1.22. The molecule has 0 unspecified atom stereocenters. The fourth-order valence-electron chi connectivity index (χ4n) is 2.17. The van der Waals surface area contributed by atoms with Gasteiger partial charge in [0.25, 0.3) is 0 Å². The highest BCUT2D eigenvalue weighted by atomic mass is 35.5. The van der Waals surface area contributed by atoms with Crippen LogP contribution in [0.2, 0.25) is 5.02 Å². The van der Waals surface area contributed by atoms with Crippen molar-refractivity contribution in [2.75, 3.05) is 7.11 Å². The topological polar surface area (TPSA) is 69.7 Å². The van der Waals surface area contributed by atoms with Gasteiger partial charge in [-0.2, -0.15) is 0 Å². The van der Waals surface area contributed by atoms with Crippen LogP contribution in [-0.2, 0) is 11.4 Å². The molecular weight excluding hydrogens is 372 g/mol. The molecule has 2 aromatic carbocycles. The Morgan fingerprint density at radius 3 is 2.88 bits per heavy atom. The number of amidine groups is 1. The average Bonchev–Trinajstić information content (AvgIpc) is 2.96. The predicted octanol–water partition coefficient (Wildman–Crippen LogP) is 4.07. The molecule has 0 amide bonds. The normalized spacial score (nSPS) is 11.8. The number of rotatable bonds is 5. The molecule has 0 aliphatic rings. The summed E-state index contributed by atoms with van der Waals surface area (Å²) >= 11 is 7.32. The lowest BCUT2D eigenvalue weighted by Crippen LogP contribution is -2.18. The zero-order chi connectivity index (χ0) is 18.0. The monoisotopic (exact) mass is 383 g/mol. The summed E-state index contributed by atoms with van der Waals surface area (Å²) in [6.45, 7) is 0.0142. The van der Waals surface area contributed by atoms with Crippen LogP contribution in [0.15, 0.2) is 35.5 Å². The summed E-state index contributed by atoms with van der Waals surface area (Å²) < 4.78 is 34.6. The molecule has 0 saturated carbocycles. The Morgan fingerprint density at radius 2 is 2.12 bits per heavy atom. The second-order valence-electron chi connectivity index (χ2n) is 4.90. The molecule has 3 rings (SSSR count). The maximum absolute atomic E-state index is 14.5. The summed E-state index contributed by atoms with van der Waals surface area (Å²) in [5, 5.41) is 4.55. The van der Waals surface area contributed by atoms with Crippen molar-refractivity contribution in [3.63, 3.8) is 0 Å². The summed E-state index contributed by atoms with van der Waals surface area (Å²) in [6.07, 6.45) is 0. The molecular formula is C16H12ClF2N3O2S. The minimum Gasteiger partial charge on any atom is -0.483 e. The van der Waals surface area contributed by atoms with Crippen molar-refractivity contribution in [1.82, 2.24) is 4.98 Å². The van der Waals surface area contributed by atoms with Gasteiger partial charge in [-0.25, -0.2) is 13.8 Å². The molecule has 0 aliphatic carbocycles. The summed E-state index contributed by atoms with van der Waals surface area (Å²) in [4.78, 5) is 8.82. The van der Waals surface area contributed by atoms with Crippen LogP contribution in [0.1, 0.15) is 10.6 Å². The van der Waals surface area contributed by atoms with Crippen molar-refractivity contribution in [3.8, 4) is 5.75 Å². The van der Waals surface area contributed by atoms with Crippen molar-refractivity contribution in [2.24, 2.45) is 10.9 Å². The van der Waals surface area contributed by atoms with E-state index in [1.807, 2.05) is 6.07 Å². The van der Waals surface area contributed by atoms with Gasteiger partial charge in [0.15, 0.2) is 17.4 Å². The van der Waals surface area contributed by atoms with Crippen LogP contribution in [0.3, 0.4) is 0 Å². The van der Waals surface area contributed by atoms with E-state index in [4.69, 9.17) is 22.1 Å². The first-order valence-electron chi connectivity index (χ1n) is 7.02. The Hall–Kier alpha value is -2.45. The standard InChI is InChI=1S/C16H12ClF2N3O2S/c1-23-22-16(20)14-9(18)3-4-11(15(14)19)24-7-13-21-10-6-8(17)2-5-12(10)25-13/h2-6H,7H2,1H3,(H2,20,22). The summed E-state index contributed by atoms with van der Waals surface area (Å²) in [6, 6.07) is 7.56. The lowest BCUT2D eigenvalue weighted by Gasteiger charge is -2.09. The molecule has 2 N–H and O–H groups in total. The molecule has 130 valence electrons. The number of hydrogen-bond donors (Lipinski definition) is 1. The number of halogens is 3. The number of benzene rings is 2. The Balaban J connectivity index is 1.85. The molecule has 9 heteroatoms. The van der Waals surface area contributed by atoms with Gasteiger partial charge in [-0.1, -0.05) is 16.8 Å². The molecule has 0 fully saturated rings. The van der Waals surface area contributed by atoms with E-state index < -0.39 is 23.0 Å². The lowest BCUT2D eigenvalue weighted by molar-refractivity contribution is 0.213. The van der Waals surface area contributed by atoms with E-state index >= 15 is 0 Å². The van der Waals surface area contributed by atoms with E-state index in [-0.39, 0.29) is 12.4 Å². The van der Waals surface area contributed by atoms with Gasteiger partial charge in [0, 0.05) is 5.02 Å². The first-order chi connectivity index (χ1) is 12.0. The van der Waals surface area contributed by atoms with Crippen molar-refractivity contribution >= 4 is 39.0 Å². The van der Waals surface area contributed by atoms with Crippen LogP contribution in [0.5, 0.6) is 5.75 Å². The Kier molecular flexibility index (Phi) is 5.00. The van der Waals surface area contributed by atoms with E-state index in [1.54, 1.807) is 12.1 Å². The van der Waals surface area contributed by atoms with Crippen molar-refractivity contribution < 1.29 is 18.4 Å². The van der Waals surface area contributed by atoms with Crippen LogP contribution in [0.4, 0.5) is 8.78 Å². The lowest BCUT2D eigenvalue weighted by atomic mass is 10.1. The molecule has 5 nitrogen and oxygen atoms in total. The minimum atomic E-state index is -0.956. The van der Waals surface area contributed by atoms with Crippen LogP contribution in [0.25, 0.3) is 10.2 Å². The van der Waals surface area contributed by atoms with Gasteiger partial charge in [-0.3, -0.25) is 0 Å². The van der Waals surface area contributed by atoms with Gasteiger partial charge in [0.05, 0.1) is 15.8 Å². The second kappa shape index (κ2) is 7.20. The summed E-state index contributed by atoms with van der Waals surface area (Å²) in [5.41, 5.74) is 5.74. The Bertz CT molecular complexity index is 962. The van der Waals surface area contributed by atoms with E-state index in [0.717, 1.165) is 16.3 Å². The first kappa shape index (κ1) is 17.4. The van der Waals surface area contributed by atoms with Gasteiger partial charge in [-0.05, 0) is 30.3 Å². The quantitative estimate of drug-likeness (QED) is 0.409. The minimum absolute atomic E-state index is 0.0142. The zero-order valence-corrected chi connectivity index (χ0v) is 14.5. The van der Waals surface area contributed by atoms with E-state index in [1.165, 1.54) is 24.5 Å². The third-order valence-electron chi connectivity index (χ3n) is 3.25. The number of nitrogens with zero attached hydrogens (tertiary/aromatic N) is 2. The van der Waals surface area contributed by atoms with Crippen molar-refractivity contribution in [3.05, 3.63) is 57.6 Å². The number of oxime groups is 1. The second-order valence-corrected chi connectivity index (χ2v) is 6.45. The van der Waals surface area contributed by atoms with E-state index in [9.17, 15) is 8.78 Å². The van der Waals surface area contributed by atoms with Gasteiger partial charge < -0.3 is 15.3 Å². The summed E-state index contributed by atoms with van der Waals surface area (Å²) in [5.74, 6) is -2.40. The van der Waals surface area contributed by atoms with Gasteiger partial charge in [0.2, 0.25) is 0 Å². The van der Waals surface area contributed by atoms with E-state index in [2.05, 4.69) is 15.0 Å². The van der Waals surface area contributed by atoms with E-state index in [0.29, 0.717) is 10.0 Å². The fourth-order valence-corrected chi connectivity index (χ4v) is 3.20. The van der Waals surface area contributed by atoms with Gasteiger partial charge in [0.1, 0.15) is 24.5 Å². The fraction of sp³-hybridized carbons (Fsp3) is 0.125. The molecule has 0 bridgehead atoms. The number of nitrogens with two attached hydrogens (primary N) is 1. The SMILES string of the molecule is CON=C(N)c1c(F)ccc(OCc2nc3cc(Cl)ccc3s2)c1F. The zero-order valence-electron chi connectivity index (χ0n) is 12.9. The molecule has 3 aromatic rings. The molecule has 1 aromatic heterocycles. The first-order valence-corrected chi connectivity index (χ1v) is 8.22. The third-order valence-corrected chi connectivity index (χ3v) is 4.49. The van der Waals surface area contributed by atoms with Crippen LogP contribution < -0.4 is 10.5 Å². The highest BCUT2D eigenvalue weighted by Crippen LogP contribution is 2.28. The maximum atomic E-state index is 14.5. The van der Waals surface area contributed by atoms with Crippen molar-refractivity contribution in [2.45, 2.75) is 6.61 Å². The maximum Gasteiger partial charge on any atom is 0.179 e. The molecule has 25 heavy (non-hydrogen) atoms. The largest absolute Gasteiger partial charge is 0.483 e. The number of ether oxygens (including phenoxy) is 1. The van der Waals surface area contributed by atoms with Gasteiger partial charge in [-0.15, -0.1) is 11.3 Å². The number of thiazole rings is 1. The number of fused-ring (bicyclic) bond motifs is 1. The molecule has 1 heterocycles. The number of hydrogen-bond acceptors (Lipinski definition) is 5. The molecule has 0 radical (unpaired) electrons. The third kappa shape index (κ3) is 3.64. The van der Waals surface area contributed by atoms with Crippen LogP contribution >= 0.6 is 22.9 Å². The number of aromatic nitrogens is 1. The van der Waals surface area contributed by atoms with Gasteiger partial charge >= 0.3 is 0 Å². The molecule has 0 saturated heterocycles. The molecule has 0 atom stereocenters. The van der Waals surface area contributed by atoms with Crippen LogP contribution in [-0.4, -0.2) is 17.9 Å².